The SMILES string of the molecule is [O]CCCCCCc1ccc(Br)cc1. The third-order valence-electron chi connectivity index (χ3n) is 2.27. The Morgan fingerprint density at radius 3 is 2.21 bits per heavy atom. The van der Waals surface area contributed by atoms with Crippen molar-refractivity contribution in [1.82, 2.24) is 0 Å². The van der Waals surface area contributed by atoms with E-state index in [1.807, 2.05) is 0 Å². The van der Waals surface area contributed by atoms with Gasteiger partial charge in [0.05, 0.1) is 6.61 Å². The van der Waals surface area contributed by atoms with Gasteiger partial charge in [-0.3, -0.25) is 0 Å². The second kappa shape index (κ2) is 7.02. The van der Waals surface area contributed by atoms with Gasteiger partial charge in [-0.05, 0) is 37.0 Å². The molecule has 0 aromatic heterocycles. The predicted octanol–water partition coefficient (Wildman–Crippen LogP) is 3.98. The zero-order chi connectivity index (χ0) is 10.2. The van der Waals surface area contributed by atoms with Crippen molar-refractivity contribution in [3.8, 4) is 0 Å². The fourth-order valence-electron chi connectivity index (χ4n) is 1.44. The number of rotatable bonds is 6. The largest absolute Gasteiger partial charge is 0.237 e. The monoisotopic (exact) mass is 255 g/mol. The standard InChI is InChI=1S/C12H16BrO/c13-12-8-6-11(7-9-12)5-3-1-2-4-10-14/h6-9H,1-5,10H2. The summed E-state index contributed by atoms with van der Waals surface area (Å²) < 4.78 is 1.13. The molecule has 0 bridgehead atoms. The Morgan fingerprint density at radius 2 is 1.57 bits per heavy atom. The van der Waals surface area contributed by atoms with E-state index in [9.17, 15) is 5.11 Å². The van der Waals surface area contributed by atoms with Crippen LogP contribution < -0.4 is 0 Å². The summed E-state index contributed by atoms with van der Waals surface area (Å²) in [7, 11) is 0. The number of halogens is 1. The zero-order valence-corrected chi connectivity index (χ0v) is 9.92. The molecule has 1 aromatic carbocycles. The van der Waals surface area contributed by atoms with Gasteiger partial charge in [0, 0.05) is 4.47 Å². The molecule has 0 unspecified atom stereocenters. The summed E-state index contributed by atoms with van der Waals surface area (Å²) in [6.07, 6.45) is 5.42. The van der Waals surface area contributed by atoms with Crippen LogP contribution >= 0.6 is 15.9 Å². The van der Waals surface area contributed by atoms with E-state index in [4.69, 9.17) is 0 Å². The van der Waals surface area contributed by atoms with E-state index in [1.165, 1.54) is 18.4 Å². The van der Waals surface area contributed by atoms with Crippen LogP contribution in [0.5, 0.6) is 0 Å². The molecule has 1 aromatic rings. The summed E-state index contributed by atoms with van der Waals surface area (Å²) in [4.78, 5) is 0. The Labute approximate surface area is 94.3 Å². The highest BCUT2D eigenvalue weighted by Crippen LogP contribution is 2.13. The molecule has 0 aliphatic heterocycles. The summed E-state index contributed by atoms with van der Waals surface area (Å²) in [6.45, 7) is 0.0816. The molecule has 0 spiro atoms. The molecule has 0 N–H and O–H groups in total. The maximum absolute atomic E-state index is 10.2. The lowest BCUT2D eigenvalue weighted by molar-refractivity contribution is 0.186. The lowest BCUT2D eigenvalue weighted by Crippen LogP contribution is -1.87. The molecule has 2 heteroatoms. The van der Waals surface area contributed by atoms with E-state index in [-0.39, 0.29) is 6.61 Å². The second-order valence-corrected chi connectivity index (χ2v) is 4.41. The fourth-order valence-corrected chi connectivity index (χ4v) is 1.70. The predicted molar refractivity (Wildman–Crippen MR) is 61.9 cm³/mol. The van der Waals surface area contributed by atoms with Crippen LogP contribution in [-0.2, 0) is 11.5 Å². The van der Waals surface area contributed by atoms with Crippen LogP contribution in [0, 0.1) is 0 Å². The van der Waals surface area contributed by atoms with E-state index < -0.39 is 0 Å². The highest BCUT2D eigenvalue weighted by molar-refractivity contribution is 9.10. The van der Waals surface area contributed by atoms with Gasteiger partial charge in [-0.25, -0.2) is 5.11 Å². The lowest BCUT2D eigenvalue weighted by Gasteiger charge is -2.01. The first-order chi connectivity index (χ1) is 6.83. The van der Waals surface area contributed by atoms with E-state index in [2.05, 4.69) is 40.2 Å². The van der Waals surface area contributed by atoms with Crippen LogP contribution in [0.2, 0.25) is 0 Å². The molecule has 1 radical (unpaired) electrons. The minimum Gasteiger partial charge on any atom is -0.237 e. The van der Waals surface area contributed by atoms with E-state index >= 15 is 0 Å². The summed E-state index contributed by atoms with van der Waals surface area (Å²) >= 11 is 3.41. The second-order valence-electron chi connectivity index (χ2n) is 3.49. The number of hydrogen-bond acceptors (Lipinski definition) is 0. The van der Waals surface area contributed by atoms with E-state index in [0.29, 0.717) is 0 Å². The summed E-state index contributed by atoms with van der Waals surface area (Å²) in [5.74, 6) is 0. The van der Waals surface area contributed by atoms with E-state index in [1.54, 1.807) is 0 Å². The normalized spacial score (nSPS) is 10.4. The minimum atomic E-state index is 0.0816. The van der Waals surface area contributed by atoms with Gasteiger partial charge in [0.1, 0.15) is 0 Å². The molecule has 1 nitrogen and oxygen atoms in total. The first kappa shape index (κ1) is 11.7. The zero-order valence-electron chi connectivity index (χ0n) is 8.34. The van der Waals surface area contributed by atoms with Gasteiger partial charge in [-0.1, -0.05) is 40.9 Å². The van der Waals surface area contributed by atoms with Gasteiger partial charge in [0.15, 0.2) is 0 Å². The molecular formula is C12H16BrO. The average molecular weight is 256 g/mol. The van der Waals surface area contributed by atoms with Gasteiger partial charge >= 0.3 is 0 Å². The molecule has 14 heavy (non-hydrogen) atoms. The van der Waals surface area contributed by atoms with Crippen molar-refractivity contribution in [2.24, 2.45) is 0 Å². The van der Waals surface area contributed by atoms with Crippen molar-refractivity contribution < 1.29 is 5.11 Å². The number of hydrogen-bond donors (Lipinski definition) is 0. The van der Waals surface area contributed by atoms with Crippen molar-refractivity contribution in [1.29, 1.82) is 0 Å². The maximum Gasteiger partial charge on any atom is 0.0822 e. The Kier molecular flexibility index (Phi) is 5.88. The summed E-state index contributed by atoms with van der Waals surface area (Å²) in [5, 5.41) is 10.2. The van der Waals surface area contributed by atoms with Crippen LogP contribution in [0.3, 0.4) is 0 Å². The molecule has 0 aliphatic carbocycles. The maximum atomic E-state index is 10.2. The van der Waals surface area contributed by atoms with Crippen molar-refractivity contribution in [2.45, 2.75) is 32.1 Å². The number of unbranched alkanes of at least 4 members (excludes halogenated alkanes) is 3. The molecular weight excluding hydrogens is 240 g/mol. The van der Waals surface area contributed by atoms with Gasteiger partial charge < -0.3 is 0 Å². The highest BCUT2D eigenvalue weighted by Gasteiger charge is 1.93. The number of aryl methyl sites for hydroxylation is 1. The lowest BCUT2D eigenvalue weighted by atomic mass is 10.1. The van der Waals surface area contributed by atoms with Crippen LogP contribution in [0.4, 0.5) is 0 Å². The Bertz CT molecular complexity index is 243. The van der Waals surface area contributed by atoms with Crippen LogP contribution in [0.25, 0.3) is 0 Å². The number of benzene rings is 1. The molecule has 1 rings (SSSR count). The van der Waals surface area contributed by atoms with Crippen LogP contribution in [-0.4, -0.2) is 6.61 Å². The fraction of sp³-hybridized carbons (Fsp3) is 0.500. The van der Waals surface area contributed by atoms with Gasteiger partial charge in [0.25, 0.3) is 0 Å². The van der Waals surface area contributed by atoms with Crippen molar-refractivity contribution >= 4 is 15.9 Å². The third kappa shape index (κ3) is 4.77. The first-order valence-electron chi connectivity index (χ1n) is 5.15. The quantitative estimate of drug-likeness (QED) is 0.686. The van der Waals surface area contributed by atoms with Gasteiger partial charge in [-0.2, -0.15) is 0 Å². The Morgan fingerprint density at radius 1 is 0.929 bits per heavy atom. The summed E-state index contributed by atoms with van der Waals surface area (Å²) in [5.41, 5.74) is 1.38. The van der Waals surface area contributed by atoms with Crippen molar-refractivity contribution in [3.05, 3.63) is 34.3 Å². The molecule has 0 saturated heterocycles. The smallest absolute Gasteiger partial charge is 0.0822 e. The Hall–Kier alpha value is -0.340. The van der Waals surface area contributed by atoms with Gasteiger partial charge in [0.2, 0.25) is 0 Å². The molecule has 0 saturated carbocycles. The van der Waals surface area contributed by atoms with Crippen LogP contribution in [0.1, 0.15) is 31.2 Å². The molecule has 0 aliphatic rings. The van der Waals surface area contributed by atoms with E-state index in [0.717, 1.165) is 23.7 Å². The molecule has 0 atom stereocenters. The van der Waals surface area contributed by atoms with Crippen molar-refractivity contribution in [3.63, 3.8) is 0 Å². The first-order valence-corrected chi connectivity index (χ1v) is 5.95. The molecule has 0 fully saturated rings. The molecule has 77 valence electrons. The molecule has 0 amide bonds. The van der Waals surface area contributed by atoms with Crippen LogP contribution in [0.15, 0.2) is 28.7 Å². The third-order valence-corrected chi connectivity index (χ3v) is 2.80. The molecule has 0 heterocycles. The Balaban J connectivity index is 2.15. The average Bonchev–Trinajstić information content (AvgIpc) is 2.21. The van der Waals surface area contributed by atoms with Crippen molar-refractivity contribution in [2.75, 3.05) is 6.61 Å². The minimum absolute atomic E-state index is 0.0816. The topological polar surface area (TPSA) is 19.9 Å². The van der Waals surface area contributed by atoms with Gasteiger partial charge in [-0.15, -0.1) is 0 Å². The summed E-state index contributed by atoms with van der Waals surface area (Å²) in [6, 6.07) is 8.45. The highest BCUT2D eigenvalue weighted by atomic mass is 79.9.